The summed E-state index contributed by atoms with van der Waals surface area (Å²) in [5.74, 6) is 0.102. The Morgan fingerprint density at radius 2 is 1.53 bits per heavy atom. The molecular weight excluding hydrogens is 510 g/mol. The number of thiazole rings is 1. The van der Waals surface area contributed by atoms with Crippen molar-refractivity contribution in [3.05, 3.63) is 95.4 Å². The highest BCUT2D eigenvalue weighted by molar-refractivity contribution is 8.00. The van der Waals surface area contributed by atoms with Gasteiger partial charge in [-0.25, -0.2) is 4.98 Å². The van der Waals surface area contributed by atoms with Gasteiger partial charge in [-0.3, -0.25) is 9.59 Å². The molecule has 1 aliphatic carbocycles. The van der Waals surface area contributed by atoms with Crippen LogP contribution in [-0.4, -0.2) is 16.8 Å². The Labute approximate surface area is 232 Å². The first-order valence-corrected chi connectivity index (χ1v) is 14.7. The van der Waals surface area contributed by atoms with Crippen molar-refractivity contribution in [3.63, 3.8) is 0 Å². The Balaban J connectivity index is 1.29. The van der Waals surface area contributed by atoms with Crippen LogP contribution < -0.4 is 10.6 Å². The average Bonchev–Trinajstić information content (AvgIpc) is 3.33. The number of thioether (sulfide) groups is 1. The molecule has 194 valence electrons. The molecule has 1 aromatic heterocycles. The number of hydrogen-bond donors (Lipinski definition) is 2. The van der Waals surface area contributed by atoms with Gasteiger partial charge in [0.2, 0.25) is 11.8 Å². The second kappa shape index (κ2) is 12.4. The van der Waals surface area contributed by atoms with Crippen LogP contribution in [0.3, 0.4) is 0 Å². The number of aryl methyl sites for hydroxylation is 1. The van der Waals surface area contributed by atoms with Crippen LogP contribution in [-0.2, 0) is 9.59 Å². The number of anilines is 2. The molecule has 1 atom stereocenters. The number of nitrogens with one attached hydrogen (secondary N) is 2. The van der Waals surface area contributed by atoms with Crippen LogP contribution in [0.25, 0.3) is 11.3 Å². The first-order chi connectivity index (χ1) is 18.6. The van der Waals surface area contributed by atoms with E-state index in [0.29, 0.717) is 5.13 Å². The SMILES string of the molecule is Cc1sc(NC(=O)C(Sc2ccc(NC(=O)C3CCCCC3)cc2)c2ccccc2)nc1-c1ccccc1. The van der Waals surface area contributed by atoms with Crippen LogP contribution in [0.4, 0.5) is 10.8 Å². The van der Waals surface area contributed by atoms with Crippen LogP contribution >= 0.6 is 23.1 Å². The molecule has 0 spiro atoms. The van der Waals surface area contributed by atoms with Crippen LogP contribution in [0.2, 0.25) is 0 Å². The number of rotatable bonds is 8. The molecule has 2 N–H and O–H groups in total. The van der Waals surface area contributed by atoms with E-state index in [0.717, 1.165) is 58.0 Å². The summed E-state index contributed by atoms with van der Waals surface area (Å²) in [6.07, 6.45) is 5.43. The lowest BCUT2D eigenvalue weighted by atomic mass is 9.88. The molecule has 0 radical (unpaired) electrons. The maximum Gasteiger partial charge on any atom is 0.244 e. The summed E-state index contributed by atoms with van der Waals surface area (Å²) >= 11 is 2.97. The summed E-state index contributed by atoms with van der Waals surface area (Å²) in [6.45, 7) is 2.02. The quantitative estimate of drug-likeness (QED) is 0.221. The third-order valence-electron chi connectivity index (χ3n) is 6.77. The molecule has 5 rings (SSSR count). The zero-order chi connectivity index (χ0) is 26.3. The molecule has 1 aliphatic rings. The molecule has 0 saturated heterocycles. The zero-order valence-electron chi connectivity index (χ0n) is 21.4. The molecule has 2 amide bonds. The van der Waals surface area contributed by atoms with Crippen LogP contribution in [0.5, 0.6) is 0 Å². The fourth-order valence-electron chi connectivity index (χ4n) is 4.75. The van der Waals surface area contributed by atoms with E-state index in [-0.39, 0.29) is 17.7 Å². The molecule has 7 heteroatoms. The van der Waals surface area contributed by atoms with E-state index < -0.39 is 5.25 Å². The van der Waals surface area contributed by atoms with Crippen molar-refractivity contribution in [2.45, 2.75) is 49.2 Å². The smallest absolute Gasteiger partial charge is 0.244 e. The first-order valence-electron chi connectivity index (χ1n) is 13.0. The Morgan fingerprint density at radius 1 is 0.868 bits per heavy atom. The van der Waals surface area contributed by atoms with Gasteiger partial charge >= 0.3 is 0 Å². The van der Waals surface area contributed by atoms with Crippen molar-refractivity contribution in [1.29, 1.82) is 0 Å². The van der Waals surface area contributed by atoms with Crippen molar-refractivity contribution in [2.24, 2.45) is 5.92 Å². The van der Waals surface area contributed by atoms with E-state index in [9.17, 15) is 9.59 Å². The summed E-state index contributed by atoms with van der Waals surface area (Å²) in [4.78, 5) is 32.9. The monoisotopic (exact) mass is 541 g/mol. The topological polar surface area (TPSA) is 71.1 Å². The zero-order valence-corrected chi connectivity index (χ0v) is 23.0. The highest BCUT2D eigenvalue weighted by Crippen LogP contribution is 2.38. The number of hydrogen-bond acceptors (Lipinski definition) is 5. The fourth-order valence-corrected chi connectivity index (χ4v) is 6.61. The van der Waals surface area contributed by atoms with E-state index in [1.165, 1.54) is 29.5 Å². The van der Waals surface area contributed by atoms with Crippen molar-refractivity contribution in [3.8, 4) is 11.3 Å². The van der Waals surface area contributed by atoms with Crippen molar-refractivity contribution >= 4 is 45.7 Å². The predicted octanol–water partition coefficient (Wildman–Crippen LogP) is 8.11. The van der Waals surface area contributed by atoms with Gasteiger partial charge in [0, 0.05) is 26.9 Å². The van der Waals surface area contributed by atoms with Gasteiger partial charge in [0.05, 0.1) is 5.69 Å². The van der Waals surface area contributed by atoms with E-state index in [4.69, 9.17) is 4.98 Å². The van der Waals surface area contributed by atoms with Gasteiger partial charge in [-0.2, -0.15) is 0 Å². The van der Waals surface area contributed by atoms with E-state index in [2.05, 4.69) is 10.6 Å². The standard InChI is InChI=1S/C31H31N3O2S2/c1-21-27(22-11-5-2-6-12-22)33-31(37-21)34-30(36)28(23-13-7-3-8-14-23)38-26-19-17-25(18-20-26)32-29(35)24-15-9-4-10-16-24/h2-3,5-8,11-14,17-20,24,28H,4,9-10,15-16H2,1H3,(H,32,35)(H,33,34,36). The van der Waals surface area contributed by atoms with Crippen molar-refractivity contribution in [2.75, 3.05) is 10.6 Å². The van der Waals surface area contributed by atoms with Crippen molar-refractivity contribution < 1.29 is 9.59 Å². The van der Waals surface area contributed by atoms with Gasteiger partial charge in [0.1, 0.15) is 5.25 Å². The minimum atomic E-state index is -0.455. The maximum absolute atomic E-state index is 13.5. The lowest BCUT2D eigenvalue weighted by Crippen LogP contribution is -2.24. The van der Waals surface area contributed by atoms with Gasteiger partial charge in [0.25, 0.3) is 0 Å². The number of amides is 2. The molecule has 0 bridgehead atoms. The molecule has 1 saturated carbocycles. The van der Waals surface area contributed by atoms with Gasteiger partial charge in [0.15, 0.2) is 5.13 Å². The second-order valence-corrected chi connectivity index (χ2v) is 11.9. The number of nitrogens with zero attached hydrogens (tertiary/aromatic N) is 1. The average molecular weight is 542 g/mol. The summed E-state index contributed by atoms with van der Waals surface area (Å²) in [5.41, 5.74) is 3.63. The van der Waals surface area contributed by atoms with Gasteiger partial charge in [-0.15, -0.1) is 23.1 Å². The molecule has 1 unspecified atom stereocenters. The van der Waals surface area contributed by atoms with Gasteiger partial charge < -0.3 is 10.6 Å². The third-order valence-corrected chi connectivity index (χ3v) is 8.92. The Kier molecular flexibility index (Phi) is 8.56. The van der Waals surface area contributed by atoms with Crippen molar-refractivity contribution in [1.82, 2.24) is 4.98 Å². The molecule has 1 heterocycles. The van der Waals surface area contributed by atoms with Gasteiger partial charge in [-0.1, -0.05) is 79.9 Å². The van der Waals surface area contributed by atoms with E-state index in [1.807, 2.05) is 91.9 Å². The summed E-state index contributed by atoms with van der Waals surface area (Å²) < 4.78 is 0. The number of carbonyl (C=O) groups is 2. The minimum Gasteiger partial charge on any atom is -0.326 e. The molecular formula is C31H31N3O2S2. The lowest BCUT2D eigenvalue weighted by molar-refractivity contribution is -0.120. The molecule has 3 aromatic carbocycles. The normalized spacial score (nSPS) is 14.6. The molecule has 0 aliphatic heterocycles. The Bertz CT molecular complexity index is 1370. The Hall–Kier alpha value is -3.42. The summed E-state index contributed by atoms with van der Waals surface area (Å²) in [6, 6.07) is 27.5. The summed E-state index contributed by atoms with van der Waals surface area (Å²) in [7, 11) is 0. The van der Waals surface area contributed by atoms with E-state index >= 15 is 0 Å². The first kappa shape index (κ1) is 26.2. The largest absolute Gasteiger partial charge is 0.326 e. The molecule has 1 fully saturated rings. The fraction of sp³-hybridized carbons (Fsp3) is 0.258. The van der Waals surface area contributed by atoms with Crippen LogP contribution in [0, 0.1) is 12.8 Å². The van der Waals surface area contributed by atoms with Crippen LogP contribution in [0.15, 0.2) is 89.8 Å². The minimum absolute atomic E-state index is 0.111. The third kappa shape index (κ3) is 6.52. The van der Waals surface area contributed by atoms with Crippen LogP contribution in [0.1, 0.15) is 47.8 Å². The molecule has 38 heavy (non-hydrogen) atoms. The number of aromatic nitrogens is 1. The second-order valence-electron chi connectivity index (χ2n) is 9.54. The highest BCUT2D eigenvalue weighted by atomic mass is 32.2. The van der Waals surface area contributed by atoms with E-state index in [1.54, 1.807) is 0 Å². The molecule has 5 nitrogen and oxygen atoms in total. The Morgan fingerprint density at radius 3 is 2.21 bits per heavy atom. The summed E-state index contributed by atoms with van der Waals surface area (Å²) in [5, 5.41) is 6.26. The molecule has 4 aromatic rings. The van der Waals surface area contributed by atoms with Gasteiger partial charge in [-0.05, 0) is 49.6 Å². The number of carbonyl (C=O) groups excluding carboxylic acids is 2. The number of benzene rings is 3. The predicted molar refractivity (Wildman–Crippen MR) is 158 cm³/mol. The highest BCUT2D eigenvalue weighted by Gasteiger charge is 2.24. The lowest BCUT2D eigenvalue weighted by Gasteiger charge is -2.21. The maximum atomic E-state index is 13.5.